The van der Waals surface area contributed by atoms with Crippen molar-refractivity contribution in [3.63, 3.8) is 0 Å². The van der Waals surface area contributed by atoms with Crippen molar-refractivity contribution in [1.29, 1.82) is 0 Å². The SMILES string of the molecule is CCC(C)c1cccc2[cH-]c(C3CCC(C)CC3)cc12.C[Si]C.Cc1cc2c(-c3ccc(C4CCCCC4)cc3)cccc2[cH-]1.[Cl][Zr+2][Cl]. The van der Waals surface area contributed by atoms with Crippen LogP contribution in [-0.4, -0.2) is 9.52 Å². The van der Waals surface area contributed by atoms with Crippen LogP contribution in [0.2, 0.25) is 13.1 Å². The molecule has 2 fully saturated rings. The zero-order valence-electron chi connectivity index (χ0n) is 30.2. The molecule has 2 radical (unpaired) electrons. The molecule has 0 amide bonds. The summed E-state index contributed by atoms with van der Waals surface area (Å²) in [6.45, 7) is 13.5. The predicted octanol–water partition coefficient (Wildman–Crippen LogP) is 15.1. The summed E-state index contributed by atoms with van der Waals surface area (Å²) in [6, 6.07) is 32.4. The molecule has 4 heteroatoms. The van der Waals surface area contributed by atoms with Crippen LogP contribution in [-0.2, 0) is 20.8 Å². The molecule has 5 aromatic rings. The number of fused-ring (bicyclic) bond motifs is 2. The molecule has 0 N–H and O–H groups in total. The average molecular weight is 775 g/mol. The number of aryl methyl sites for hydroxylation is 1. The van der Waals surface area contributed by atoms with Gasteiger partial charge in [-0.15, -0.1) is 69.1 Å². The molecule has 2 aliphatic rings. The Morgan fingerprint density at radius 1 is 0.771 bits per heavy atom. The van der Waals surface area contributed by atoms with Crippen LogP contribution < -0.4 is 0 Å². The quantitative estimate of drug-likeness (QED) is 0.123. The van der Waals surface area contributed by atoms with E-state index >= 15 is 0 Å². The van der Waals surface area contributed by atoms with Crippen molar-refractivity contribution in [3.05, 3.63) is 107 Å². The molecule has 0 nitrogen and oxygen atoms in total. The van der Waals surface area contributed by atoms with Gasteiger partial charge in [0.25, 0.3) is 0 Å². The molecule has 1 unspecified atom stereocenters. The summed E-state index contributed by atoms with van der Waals surface area (Å²) < 4.78 is 0. The van der Waals surface area contributed by atoms with Crippen LogP contribution in [0.5, 0.6) is 0 Å². The van der Waals surface area contributed by atoms with Gasteiger partial charge in [0, 0.05) is 9.52 Å². The third-order valence-electron chi connectivity index (χ3n) is 10.6. The molecule has 0 aromatic heterocycles. The minimum atomic E-state index is -0.826. The van der Waals surface area contributed by atoms with E-state index in [1.165, 1.54) is 108 Å². The van der Waals surface area contributed by atoms with Crippen molar-refractivity contribution in [2.75, 3.05) is 0 Å². The van der Waals surface area contributed by atoms with Gasteiger partial charge >= 0.3 is 37.9 Å². The number of benzene rings is 3. The van der Waals surface area contributed by atoms with Crippen LogP contribution in [0.4, 0.5) is 0 Å². The van der Waals surface area contributed by atoms with Gasteiger partial charge in [-0.1, -0.05) is 127 Å². The van der Waals surface area contributed by atoms with Gasteiger partial charge in [-0.2, -0.15) is 12.1 Å². The van der Waals surface area contributed by atoms with Crippen LogP contribution in [0.15, 0.2) is 84.9 Å². The van der Waals surface area contributed by atoms with Gasteiger partial charge in [-0.3, -0.25) is 0 Å². The fraction of sp³-hybridized carbons (Fsp3) is 0.455. The topological polar surface area (TPSA) is 0 Å². The predicted molar refractivity (Wildman–Crippen MR) is 213 cm³/mol. The van der Waals surface area contributed by atoms with Gasteiger partial charge in [0.2, 0.25) is 0 Å². The van der Waals surface area contributed by atoms with Crippen LogP contribution in [0, 0.1) is 12.8 Å². The summed E-state index contributed by atoms with van der Waals surface area (Å²) in [7, 11) is 11.0. The van der Waals surface area contributed by atoms with Gasteiger partial charge < -0.3 is 0 Å². The fourth-order valence-electron chi connectivity index (χ4n) is 7.77. The van der Waals surface area contributed by atoms with Crippen LogP contribution >= 0.6 is 17.0 Å². The minimum absolute atomic E-state index is 0.667. The molecular formula is C44H56Cl2SiZr. The first-order valence-corrected chi connectivity index (χ1v) is 26.7. The molecule has 0 spiro atoms. The zero-order valence-corrected chi connectivity index (χ0v) is 35.2. The molecule has 2 aliphatic carbocycles. The number of hydrogen-bond donors (Lipinski definition) is 0. The van der Waals surface area contributed by atoms with Gasteiger partial charge in [-0.25, -0.2) is 0 Å². The van der Waals surface area contributed by atoms with Crippen LogP contribution in [0.1, 0.15) is 125 Å². The molecule has 254 valence electrons. The van der Waals surface area contributed by atoms with Gasteiger partial charge in [-0.05, 0) is 60.5 Å². The van der Waals surface area contributed by atoms with Crippen molar-refractivity contribution in [2.24, 2.45) is 5.92 Å². The molecular weight excluding hydrogens is 719 g/mol. The molecule has 0 aliphatic heterocycles. The molecule has 0 bridgehead atoms. The van der Waals surface area contributed by atoms with E-state index in [0.29, 0.717) is 5.92 Å². The number of halogens is 2. The second kappa shape index (κ2) is 20.4. The maximum absolute atomic E-state index is 4.93. The van der Waals surface area contributed by atoms with E-state index in [4.69, 9.17) is 17.0 Å². The normalized spacial score (nSPS) is 18.4. The second-order valence-electron chi connectivity index (χ2n) is 14.3. The fourth-order valence-corrected chi connectivity index (χ4v) is 7.77. The van der Waals surface area contributed by atoms with Crippen molar-refractivity contribution < 1.29 is 20.8 Å². The van der Waals surface area contributed by atoms with Gasteiger partial charge in [0.1, 0.15) is 0 Å². The average Bonchev–Trinajstić information content (AvgIpc) is 3.73. The third kappa shape index (κ3) is 10.8. The van der Waals surface area contributed by atoms with E-state index in [1.54, 1.807) is 11.1 Å². The molecule has 7 rings (SSSR count). The van der Waals surface area contributed by atoms with Crippen molar-refractivity contribution >= 4 is 48.1 Å². The molecule has 0 heterocycles. The van der Waals surface area contributed by atoms with E-state index in [2.05, 4.69) is 126 Å². The van der Waals surface area contributed by atoms with Crippen LogP contribution in [0.3, 0.4) is 0 Å². The summed E-state index contributed by atoms with van der Waals surface area (Å²) in [5, 5.41) is 5.70. The van der Waals surface area contributed by atoms with E-state index in [-0.39, 0.29) is 0 Å². The van der Waals surface area contributed by atoms with Gasteiger partial charge in [0.05, 0.1) is 0 Å². The Balaban J connectivity index is 0.000000187. The Labute approximate surface area is 313 Å². The monoisotopic (exact) mass is 772 g/mol. The van der Waals surface area contributed by atoms with Gasteiger partial charge in [0.15, 0.2) is 0 Å². The summed E-state index contributed by atoms with van der Waals surface area (Å²) in [5.74, 6) is 3.20. The Morgan fingerprint density at radius 3 is 2.00 bits per heavy atom. The summed E-state index contributed by atoms with van der Waals surface area (Å²) >= 11 is -0.826. The third-order valence-corrected chi connectivity index (χ3v) is 10.6. The molecule has 2 saturated carbocycles. The Morgan fingerprint density at radius 2 is 1.38 bits per heavy atom. The van der Waals surface area contributed by atoms with E-state index in [1.807, 2.05) is 0 Å². The maximum atomic E-state index is 4.93. The van der Waals surface area contributed by atoms with E-state index < -0.39 is 20.8 Å². The van der Waals surface area contributed by atoms with Crippen molar-refractivity contribution in [1.82, 2.24) is 0 Å². The second-order valence-corrected chi connectivity index (χ2v) is 19.0. The summed E-state index contributed by atoms with van der Waals surface area (Å²) in [4.78, 5) is 0. The zero-order chi connectivity index (χ0) is 34.5. The molecule has 48 heavy (non-hydrogen) atoms. The number of rotatable bonds is 5. The standard InChI is InChI=1S/C22H23.C20H27.C2H6Si.2ClH.Zr/c1-16-14-20-8-5-9-21(22(20)15-16)19-12-10-18(11-13-19)17-6-3-2-4-7-17;1-4-15(3)19-7-5-6-17-12-18(13-20(17)19)16-10-8-14(2)9-11-16;1-3-2;;;/h5,8-15,17H,2-4,6-7H2,1H3;5-7,12-16H,4,8-11H2,1-3H3;1-2H3;2*1H;/q2*-1;;;;+4/p-2. The van der Waals surface area contributed by atoms with E-state index in [9.17, 15) is 0 Å². The molecule has 0 saturated heterocycles. The Kier molecular flexibility index (Phi) is 16.7. The van der Waals surface area contributed by atoms with E-state index in [0.717, 1.165) is 27.3 Å². The summed E-state index contributed by atoms with van der Waals surface area (Å²) in [6.07, 6.45) is 13.8. The number of hydrogen-bond acceptors (Lipinski definition) is 0. The first-order chi connectivity index (χ1) is 23.3. The Bertz CT molecular complexity index is 1630. The van der Waals surface area contributed by atoms with Crippen molar-refractivity contribution in [2.45, 2.75) is 123 Å². The Hall–Kier alpha value is -1.44. The molecule has 5 aromatic carbocycles. The van der Waals surface area contributed by atoms with Crippen molar-refractivity contribution in [3.8, 4) is 11.1 Å². The van der Waals surface area contributed by atoms with Crippen LogP contribution in [0.25, 0.3) is 32.7 Å². The first kappa shape index (κ1) is 39.3. The summed E-state index contributed by atoms with van der Waals surface area (Å²) in [5.41, 5.74) is 8.73. The first-order valence-electron chi connectivity index (χ1n) is 18.3. The molecule has 1 atom stereocenters.